The van der Waals surface area contributed by atoms with Gasteiger partial charge in [0.05, 0.1) is 16.2 Å². The van der Waals surface area contributed by atoms with Gasteiger partial charge >= 0.3 is 0 Å². The maximum atomic E-state index is 12.1. The van der Waals surface area contributed by atoms with Crippen molar-refractivity contribution in [3.63, 3.8) is 0 Å². The number of nitrogens with two attached hydrogens (primary N) is 1. The number of non-ortho nitro benzene ring substituents is 1. The molecule has 11 heteroatoms. The fourth-order valence-electron chi connectivity index (χ4n) is 3.18. The van der Waals surface area contributed by atoms with Gasteiger partial charge in [-0.3, -0.25) is 19.9 Å². The van der Waals surface area contributed by atoms with Crippen LogP contribution >= 0.6 is 11.8 Å². The van der Waals surface area contributed by atoms with E-state index in [0.717, 1.165) is 5.56 Å². The molecule has 30 heavy (non-hydrogen) atoms. The van der Waals surface area contributed by atoms with E-state index in [-0.39, 0.29) is 5.69 Å². The maximum Gasteiger partial charge on any atom is 0.269 e. The Morgan fingerprint density at radius 2 is 2.07 bits per heavy atom. The molecule has 0 saturated carbocycles. The Bertz CT molecular complexity index is 1140. The van der Waals surface area contributed by atoms with E-state index in [2.05, 4.69) is 20.4 Å². The van der Waals surface area contributed by atoms with Crippen molar-refractivity contribution in [1.29, 1.82) is 0 Å². The monoisotopic (exact) mass is 423 g/mol. The first-order valence-electron chi connectivity index (χ1n) is 8.95. The molecule has 0 bridgehead atoms. The number of fused-ring (bicyclic) bond motifs is 1. The van der Waals surface area contributed by atoms with Crippen LogP contribution in [0.2, 0.25) is 0 Å². The third-order valence-corrected chi connectivity index (χ3v) is 5.49. The number of benzene rings is 1. The van der Waals surface area contributed by atoms with Gasteiger partial charge in [-0.1, -0.05) is 30.0 Å². The molecule has 1 aromatic carbocycles. The van der Waals surface area contributed by atoms with Crippen LogP contribution in [0.3, 0.4) is 0 Å². The zero-order valence-electron chi connectivity index (χ0n) is 15.8. The highest BCUT2D eigenvalue weighted by molar-refractivity contribution is 7.98. The summed E-state index contributed by atoms with van der Waals surface area (Å²) >= 11 is 1.38. The van der Waals surface area contributed by atoms with E-state index < -0.39 is 16.9 Å². The standard InChI is InChI=1S/C19H17N7O3S/c1-11-15(17(20)27)16(14-4-2-3-9-21-14)25-18(22-11)23-19(24-25)30-10-12-5-7-13(8-6-12)26(28)29/h2-9,16H,10H2,1H3,(H2,20,27)(H,22,23,24). The van der Waals surface area contributed by atoms with E-state index in [1.807, 2.05) is 6.07 Å². The number of hydrogen-bond acceptors (Lipinski definition) is 8. The van der Waals surface area contributed by atoms with Crippen molar-refractivity contribution in [2.75, 3.05) is 5.32 Å². The number of amides is 1. The molecule has 0 saturated heterocycles. The minimum Gasteiger partial charge on any atom is -0.366 e. The van der Waals surface area contributed by atoms with Crippen LogP contribution in [0, 0.1) is 10.1 Å². The van der Waals surface area contributed by atoms with Crippen molar-refractivity contribution >= 4 is 29.3 Å². The summed E-state index contributed by atoms with van der Waals surface area (Å²) in [4.78, 5) is 31.4. The highest BCUT2D eigenvalue weighted by Gasteiger charge is 2.34. The van der Waals surface area contributed by atoms with Gasteiger partial charge in [-0.25, -0.2) is 4.68 Å². The predicted octanol–water partition coefficient (Wildman–Crippen LogP) is 2.65. The summed E-state index contributed by atoms with van der Waals surface area (Å²) in [5, 5.41) is 18.9. The molecular weight excluding hydrogens is 406 g/mol. The lowest BCUT2D eigenvalue weighted by atomic mass is 9.99. The SMILES string of the molecule is CC1=C(C(N)=O)C(c2ccccn2)n2nc(SCc3ccc([N+](=O)[O-])cc3)nc2N1. The summed E-state index contributed by atoms with van der Waals surface area (Å²) in [6.45, 7) is 1.76. The lowest BCUT2D eigenvalue weighted by Gasteiger charge is -2.26. The molecule has 4 rings (SSSR count). The number of anilines is 1. The molecule has 152 valence electrons. The minimum atomic E-state index is -0.582. The Kier molecular flexibility index (Phi) is 5.19. The lowest BCUT2D eigenvalue weighted by molar-refractivity contribution is -0.384. The fourth-order valence-corrected chi connectivity index (χ4v) is 3.97. The van der Waals surface area contributed by atoms with Gasteiger partial charge in [-0.2, -0.15) is 4.98 Å². The minimum absolute atomic E-state index is 0.0438. The van der Waals surface area contributed by atoms with Crippen molar-refractivity contribution < 1.29 is 9.72 Å². The van der Waals surface area contributed by atoms with Crippen LogP contribution in [0.5, 0.6) is 0 Å². The first kappa shape index (κ1) is 19.6. The fraction of sp³-hybridized carbons (Fsp3) is 0.158. The van der Waals surface area contributed by atoms with Gasteiger partial charge in [-0.15, -0.1) is 5.10 Å². The number of nitrogens with one attached hydrogen (secondary N) is 1. The van der Waals surface area contributed by atoms with E-state index >= 15 is 0 Å². The van der Waals surface area contributed by atoms with E-state index in [0.29, 0.717) is 33.8 Å². The number of hydrogen-bond donors (Lipinski definition) is 2. The highest BCUT2D eigenvalue weighted by atomic mass is 32.2. The summed E-state index contributed by atoms with van der Waals surface area (Å²) < 4.78 is 1.60. The molecule has 3 aromatic rings. The Labute approximate surface area is 175 Å². The van der Waals surface area contributed by atoms with E-state index in [1.54, 1.807) is 42.1 Å². The summed E-state index contributed by atoms with van der Waals surface area (Å²) in [5.41, 5.74) is 8.19. The van der Waals surface area contributed by atoms with Gasteiger partial charge < -0.3 is 11.1 Å². The molecule has 1 unspecified atom stereocenters. The number of carbonyl (C=O) groups excluding carboxylic acids is 1. The third-order valence-electron chi connectivity index (χ3n) is 4.58. The van der Waals surface area contributed by atoms with Gasteiger partial charge in [0.1, 0.15) is 6.04 Å². The molecule has 3 heterocycles. The largest absolute Gasteiger partial charge is 0.366 e. The molecule has 0 spiro atoms. The number of nitro groups is 1. The maximum absolute atomic E-state index is 12.1. The predicted molar refractivity (Wildman–Crippen MR) is 111 cm³/mol. The summed E-state index contributed by atoms with van der Waals surface area (Å²) in [6.07, 6.45) is 1.65. The molecular formula is C19H17N7O3S. The van der Waals surface area contributed by atoms with Crippen LogP contribution in [0.1, 0.15) is 24.2 Å². The van der Waals surface area contributed by atoms with E-state index in [4.69, 9.17) is 5.73 Å². The van der Waals surface area contributed by atoms with Crippen LogP contribution in [-0.2, 0) is 10.5 Å². The second-order valence-corrected chi connectivity index (χ2v) is 7.50. The highest BCUT2D eigenvalue weighted by Crippen LogP contribution is 2.35. The third kappa shape index (κ3) is 3.74. The summed E-state index contributed by atoms with van der Waals surface area (Å²) in [7, 11) is 0. The van der Waals surface area contributed by atoms with Crippen molar-refractivity contribution in [1.82, 2.24) is 19.7 Å². The Hall–Kier alpha value is -3.73. The average Bonchev–Trinajstić information content (AvgIpc) is 3.14. The van der Waals surface area contributed by atoms with Gasteiger partial charge in [-0.05, 0) is 24.6 Å². The van der Waals surface area contributed by atoms with Gasteiger partial charge in [0.25, 0.3) is 5.69 Å². The van der Waals surface area contributed by atoms with Crippen LogP contribution in [0.15, 0.2) is 65.1 Å². The molecule has 10 nitrogen and oxygen atoms in total. The summed E-state index contributed by atoms with van der Waals surface area (Å²) in [5.74, 6) is 0.460. The smallest absolute Gasteiger partial charge is 0.269 e. The molecule has 3 N–H and O–H groups in total. The first-order valence-corrected chi connectivity index (χ1v) is 9.94. The lowest BCUT2D eigenvalue weighted by Crippen LogP contribution is -2.32. The second-order valence-electron chi connectivity index (χ2n) is 6.56. The van der Waals surface area contributed by atoms with Crippen molar-refractivity contribution in [3.8, 4) is 0 Å². The van der Waals surface area contributed by atoms with E-state index in [9.17, 15) is 14.9 Å². The number of aromatic nitrogens is 4. The van der Waals surface area contributed by atoms with Crippen LogP contribution in [0.25, 0.3) is 0 Å². The number of nitro benzene ring substituents is 1. The number of pyridine rings is 1. The number of rotatable bonds is 6. The van der Waals surface area contributed by atoms with E-state index in [1.165, 1.54) is 23.9 Å². The van der Waals surface area contributed by atoms with Crippen molar-refractivity contribution in [2.45, 2.75) is 23.9 Å². The number of thioether (sulfide) groups is 1. The first-order chi connectivity index (χ1) is 14.4. The number of allylic oxidation sites excluding steroid dienone is 1. The molecule has 0 fully saturated rings. The second kappa shape index (κ2) is 7.95. The average molecular weight is 423 g/mol. The quantitative estimate of drug-likeness (QED) is 0.350. The zero-order chi connectivity index (χ0) is 21.3. The van der Waals surface area contributed by atoms with Crippen molar-refractivity contribution in [3.05, 3.63) is 81.3 Å². The molecule has 1 aliphatic heterocycles. The number of primary amides is 1. The van der Waals surface area contributed by atoms with Crippen LogP contribution in [0.4, 0.5) is 11.6 Å². The van der Waals surface area contributed by atoms with Crippen LogP contribution in [-0.4, -0.2) is 30.6 Å². The van der Waals surface area contributed by atoms with Gasteiger partial charge in [0, 0.05) is 29.8 Å². The Balaban J connectivity index is 1.61. The van der Waals surface area contributed by atoms with Crippen molar-refractivity contribution in [2.24, 2.45) is 5.73 Å². The Morgan fingerprint density at radius 3 is 2.70 bits per heavy atom. The molecule has 1 aliphatic rings. The molecule has 1 atom stereocenters. The zero-order valence-corrected chi connectivity index (χ0v) is 16.7. The van der Waals surface area contributed by atoms with Gasteiger partial charge in [0.2, 0.25) is 17.0 Å². The topological polar surface area (TPSA) is 142 Å². The Morgan fingerprint density at radius 1 is 1.30 bits per heavy atom. The molecule has 0 radical (unpaired) electrons. The number of nitrogens with zero attached hydrogens (tertiary/aromatic N) is 5. The summed E-state index contributed by atoms with van der Waals surface area (Å²) in [6, 6.07) is 11.2. The van der Waals surface area contributed by atoms with Gasteiger partial charge in [0.15, 0.2) is 0 Å². The normalized spacial score (nSPS) is 15.4. The molecule has 1 amide bonds. The molecule has 0 aliphatic carbocycles. The number of carbonyl (C=O) groups is 1. The molecule has 2 aromatic heterocycles. The van der Waals surface area contributed by atoms with Crippen LogP contribution < -0.4 is 11.1 Å².